The molecule has 0 radical (unpaired) electrons. The van der Waals surface area contributed by atoms with Crippen LogP contribution >= 0.6 is 11.3 Å². The molecule has 164 valence electrons. The molecule has 0 unspecified atom stereocenters. The molecule has 0 saturated carbocycles. The Balaban J connectivity index is 1.70. The first-order valence-electron chi connectivity index (χ1n) is 9.82. The van der Waals surface area contributed by atoms with Crippen LogP contribution in [0.4, 0.5) is 0 Å². The van der Waals surface area contributed by atoms with Gasteiger partial charge in [0.1, 0.15) is 16.5 Å². The summed E-state index contributed by atoms with van der Waals surface area (Å²) >= 11 is 1.48. The van der Waals surface area contributed by atoms with E-state index >= 15 is 0 Å². The Morgan fingerprint density at radius 1 is 1.03 bits per heavy atom. The highest BCUT2D eigenvalue weighted by atomic mass is 32.2. The van der Waals surface area contributed by atoms with Crippen LogP contribution in [0.15, 0.2) is 48.0 Å². The molecular formula is C23H21N3O4S2. The third-order valence-electron chi connectivity index (χ3n) is 5.52. The average molecular weight is 468 g/mol. The number of aromatic amines is 1. The smallest absolute Gasteiger partial charge is 0.236 e. The third kappa shape index (κ3) is 3.25. The molecule has 3 aromatic heterocycles. The van der Waals surface area contributed by atoms with E-state index in [-0.39, 0.29) is 0 Å². The van der Waals surface area contributed by atoms with Gasteiger partial charge in [-0.3, -0.25) is 0 Å². The quantitative estimate of drug-likeness (QED) is 0.391. The lowest BCUT2D eigenvalue weighted by Crippen LogP contribution is -2.08. The summed E-state index contributed by atoms with van der Waals surface area (Å²) in [5, 5.41) is 4.57. The Morgan fingerprint density at radius 3 is 2.47 bits per heavy atom. The lowest BCUT2D eigenvalue weighted by molar-refractivity contribution is 0.415. The number of nitrogens with zero attached hydrogens (tertiary/aromatic N) is 2. The first-order chi connectivity index (χ1) is 15.3. The van der Waals surface area contributed by atoms with Gasteiger partial charge in [0.2, 0.25) is 10.0 Å². The van der Waals surface area contributed by atoms with Gasteiger partial charge in [0.15, 0.2) is 0 Å². The van der Waals surface area contributed by atoms with Crippen LogP contribution in [0.5, 0.6) is 11.5 Å². The monoisotopic (exact) mass is 467 g/mol. The van der Waals surface area contributed by atoms with Crippen LogP contribution < -0.4 is 9.47 Å². The SMILES string of the molecule is COc1ccc2[nH]c(C)c(-c3csc(-c4cn(S(C)(=O)=O)c5cc(OC)ccc45)n3)c2c1. The molecule has 3 heterocycles. The van der Waals surface area contributed by atoms with Crippen LogP contribution in [0.3, 0.4) is 0 Å². The van der Waals surface area contributed by atoms with Gasteiger partial charge in [-0.1, -0.05) is 0 Å². The Labute approximate surface area is 189 Å². The lowest BCUT2D eigenvalue weighted by Gasteiger charge is -2.03. The molecule has 0 atom stereocenters. The Kier molecular flexibility index (Phi) is 4.75. The lowest BCUT2D eigenvalue weighted by atomic mass is 10.1. The van der Waals surface area contributed by atoms with Crippen LogP contribution in [0, 0.1) is 6.92 Å². The molecule has 0 saturated heterocycles. The van der Waals surface area contributed by atoms with Crippen molar-refractivity contribution in [2.24, 2.45) is 0 Å². The number of fused-ring (bicyclic) bond motifs is 2. The number of benzene rings is 2. The second-order valence-electron chi connectivity index (χ2n) is 7.56. The van der Waals surface area contributed by atoms with Crippen LogP contribution in [0.1, 0.15) is 5.69 Å². The number of rotatable bonds is 5. The van der Waals surface area contributed by atoms with E-state index in [4.69, 9.17) is 14.5 Å². The van der Waals surface area contributed by atoms with Crippen LogP contribution in [-0.4, -0.2) is 42.8 Å². The van der Waals surface area contributed by atoms with Crippen molar-refractivity contribution in [3.63, 3.8) is 0 Å². The summed E-state index contributed by atoms with van der Waals surface area (Å²) in [6.45, 7) is 2.02. The van der Waals surface area contributed by atoms with Crippen molar-refractivity contribution in [1.29, 1.82) is 0 Å². The maximum Gasteiger partial charge on any atom is 0.236 e. The van der Waals surface area contributed by atoms with Crippen molar-refractivity contribution >= 4 is 43.2 Å². The first kappa shape index (κ1) is 20.6. The molecule has 0 spiro atoms. The summed E-state index contributed by atoms with van der Waals surface area (Å²) in [5.41, 5.74) is 5.18. The molecule has 0 aliphatic heterocycles. The fourth-order valence-electron chi connectivity index (χ4n) is 4.02. The van der Waals surface area contributed by atoms with Crippen molar-refractivity contribution in [2.45, 2.75) is 6.92 Å². The number of aromatic nitrogens is 3. The van der Waals surface area contributed by atoms with E-state index in [2.05, 4.69) is 4.98 Å². The van der Waals surface area contributed by atoms with Crippen LogP contribution in [-0.2, 0) is 10.0 Å². The average Bonchev–Trinajstić information content (AvgIpc) is 3.46. The molecule has 0 bridgehead atoms. The first-order valence-corrected chi connectivity index (χ1v) is 12.5. The Bertz CT molecular complexity index is 1590. The normalized spacial score (nSPS) is 12.0. The second kappa shape index (κ2) is 7.39. The number of methoxy groups -OCH3 is 2. The van der Waals surface area contributed by atoms with Gasteiger partial charge >= 0.3 is 0 Å². The summed E-state index contributed by atoms with van der Waals surface area (Å²) < 4.78 is 36.8. The highest BCUT2D eigenvalue weighted by molar-refractivity contribution is 7.89. The Hall–Kier alpha value is -3.30. The van der Waals surface area contributed by atoms with E-state index in [1.807, 2.05) is 42.6 Å². The second-order valence-corrected chi connectivity index (χ2v) is 10.3. The number of hydrogen-bond acceptors (Lipinski definition) is 6. The molecule has 5 rings (SSSR count). The summed E-state index contributed by atoms with van der Waals surface area (Å²) in [6, 6.07) is 11.3. The highest BCUT2D eigenvalue weighted by Crippen LogP contribution is 2.39. The molecule has 7 nitrogen and oxygen atoms in total. The van der Waals surface area contributed by atoms with Gasteiger partial charge in [-0.2, -0.15) is 0 Å². The topological polar surface area (TPSA) is 86.2 Å². The highest BCUT2D eigenvalue weighted by Gasteiger charge is 2.20. The third-order valence-corrected chi connectivity index (χ3v) is 7.41. The summed E-state index contributed by atoms with van der Waals surface area (Å²) in [7, 11) is -0.298. The zero-order chi connectivity index (χ0) is 22.6. The van der Waals surface area contributed by atoms with Gasteiger partial charge in [-0.05, 0) is 37.3 Å². The summed E-state index contributed by atoms with van der Waals surface area (Å²) in [4.78, 5) is 8.30. The molecule has 0 aliphatic carbocycles. The summed E-state index contributed by atoms with van der Waals surface area (Å²) in [5.74, 6) is 1.37. The fourth-order valence-corrected chi connectivity index (χ4v) is 5.66. The Morgan fingerprint density at radius 2 is 1.75 bits per heavy atom. The number of hydrogen-bond donors (Lipinski definition) is 1. The number of H-pyrrole nitrogens is 1. The van der Waals surface area contributed by atoms with E-state index < -0.39 is 10.0 Å². The zero-order valence-electron chi connectivity index (χ0n) is 18.0. The van der Waals surface area contributed by atoms with Gasteiger partial charge < -0.3 is 14.5 Å². The predicted molar refractivity (Wildman–Crippen MR) is 128 cm³/mol. The van der Waals surface area contributed by atoms with Gasteiger partial charge in [-0.25, -0.2) is 17.4 Å². The molecule has 0 amide bonds. The molecule has 1 N–H and O–H groups in total. The fraction of sp³-hybridized carbons (Fsp3) is 0.174. The van der Waals surface area contributed by atoms with Crippen molar-refractivity contribution in [1.82, 2.24) is 13.9 Å². The molecule has 2 aromatic carbocycles. The van der Waals surface area contributed by atoms with Crippen molar-refractivity contribution in [3.05, 3.63) is 53.7 Å². The number of nitrogens with one attached hydrogen (secondary N) is 1. The maximum atomic E-state index is 12.4. The molecular weight excluding hydrogens is 446 g/mol. The van der Waals surface area contributed by atoms with Gasteiger partial charge in [0.05, 0.1) is 31.7 Å². The van der Waals surface area contributed by atoms with E-state index in [9.17, 15) is 8.42 Å². The van der Waals surface area contributed by atoms with E-state index in [1.165, 1.54) is 21.6 Å². The van der Waals surface area contributed by atoms with Gasteiger partial charge in [0.25, 0.3) is 0 Å². The largest absolute Gasteiger partial charge is 0.497 e. The van der Waals surface area contributed by atoms with E-state index in [1.54, 1.807) is 26.5 Å². The van der Waals surface area contributed by atoms with Crippen molar-refractivity contribution < 1.29 is 17.9 Å². The minimum absolute atomic E-state index is 0.562. The van der Waals surface area contributed by atoms with Gasteiger partial charge in [0, 0.05) is 50.8 Å². The van der Waals surface area contributed by atoms with Crippen LogP contribution in [0.2, 0.25) is 0 Å². The molecule has 32 heavy (non-hydrogen) atoms. The number of aryl methyl sites for hydroxylation is 1. The maximum absolute atomic E-state index is 12.4. The van der Waals surface area contributed by atoms with E-state index in [0.29, 0.717) is 11.3 Å². The molecule has 9 heteroatoms. The minimum Gasteiger partial charge on any atom is -0.497 e. The minimum atomic E-state index is -3.50. The molecule has 0 fully saturated rings. The van der Waals surface area contributed by atoms with Crippen molar-refractivity contribution in [3.8, 4) is 33.3 Å². The zero-order valence-corrected chi connectivity index (χ0v) is 19.6. The number of thiazole rings is 1. The molecule has 5 aromatic rings. The van der Waals surface area contributed by atoms with Crippen LogP contribution in [0.25, 0.3) is 43.6 Å². The van der Waals surface area contributed by atoms with Crippen molar-refractivity contribution in [2.75, 3.05) is 20.5 Å². The predicted octanol–water partition coefficient (Wildman–Crippen LogP) is 5.05. The van der Waals surface area contributed by atoms with E-state index in [0.717, 1.165) is 49.6 Å². The van der Waals surface area contributed by atoms with Gasteiger partial charge in [-0.15, -0.1) is 11.3 Å². The molecule has 0 aliphatic rings. The summed E-state index contributed by atoms with van der Waals surface area (Å²) in [6.07, 6.45) is 2.82. The number of ether oxygens (including phenoxy) is 2. The standard InChI is InChI=1S/C23H21N3O4S2/c1-13-22(17-9-14(29-2)6-8-19(17)24-13)20-12-31-23(25-20)18-11-26(32(4,27)28)21-10-15(30-3)5-7-16(18)21/h5-12,24H,1-4H3.